The number of phenols is 2. The lowest BCUT2D eigenvalue weighted by Crippen LogP contribution is -1.94. The molecule has 0 amide bonds. The second-order valence-electron chi connectivity index (χ2n) is 9.76. The van der Waals surface area contributed by atoms with E-state index in [1.54, 1.807) is 12.4 Å². The van der Waals surface area contributed by atoms with Gasteiger partial charge in [0.1, 0.15) is 11.5 Å². The molecule has 4 rings (SSSR count). The summed E-state index contributed by atoms with van der Waals surface area (Å²) in [4.78, 5) is 9.67. The van der Waals surface area contributed by atoms with Crippen LogP contribution < -0.4 is 0 Å². The van der Waals surface area contributed by atoms with E-state index in [0.717, 1.165) is 82.9 Å². The number of fused-ring (bicyclic) bond motifs is 1. The van der Waals surface area contributed by atoms with Crippen LogP contribution in [0.15, 0.2) is 70.6 Å². The van der Waals surface area contributed by atoms with Gasteiger partial charge in [0.05, 0.1) is 11.4 Å². The lowest BCUT2D eigenvalue weighted by molar-refractivity contribution is 0.467. The first-order valence-corrected chi connectivity index (χ1v) is 13.8. The molecule has 4 aromatic carbocycles. The molecule has 0 heterocycles. The van der Waals surface area contributed by atoms with E-state index in [9.17, 15) is 10.2 Å². The number of aryl methyl sites for hydroxylation is 4. The summed E-state index contributed by atoms with van der Waals surface area (Å²) in [6.45, 7) is 8.43. The summed E-state index contributed by atoms with van der Waals surface area (Å²) in [6, 6.07) is 20.3. The molecule has 0 aliphatic rings. The van der Waals surface area contributed by atoms with Gasteiger partial charge in [-0.05, 0) is 77.6 Å². The van der Waals surface area contributed by atoms with E-state index in [-0.39, 0.29) is 0 Å². The summed E-state index contributed by atoms with van der Waals surface area (Å²) in [5.41, 5.74) is 7.34. The number of hydrogen-bond donors (Lipinski definition) is 2. The molecular formula is C34H38N2O2. The molecule has 4 heteroatoms. The Balaban J connectivity index is 1.77. The topological polar surface area (TPSA) is 65.2 Å². The van der Waals surface area contributed by atoms with Crippen molar-refractivity contribution in [2.45, 2.75) is 66.2 Å². The first-order chi connectivity index (χ1) is 18.5. The van der Waals surface area contributed by atoms with Crippen molar-refractivity contribution in [3.8, 4) is 11.5 Å². The maximum Gasteiger partial charge on any atom is 0.127 e. The number of nitrogens with zero attached hydrogens (tertiary/aromatic N) is 2. The fraction of sp³-hybridized carbons (Fsp3) is 0.294. The van der Waals surface area contributed by atoms with Crippen LogP contribution in [0.3, 0.4) is 0 Å². The summed E-state index contributed by atoms with van der Waals surface area (Å²) >= 11 is 0. The molecule has 2 N–H and O–H groups in total. The third-order valence-electron chi connectivity index (χ3n) is 6.94. The Bertz CT molecular complexity index is 1380. The highest BCUT2D eigenvalue weighted by molar-refractivity contribution is 6.04. The van der Waals surface area contributed by atoms with Crippen LogP contribution in [0.25, 0.3) is 10.8 Å². The predicted octanol–water partition coefficient (Wildman–Crippen LogP) is 8.78. The van der Waals surface area contributed by atoms with Crippen LogP contribution in [0.4, 0.5) is 11.4 Å². The third kappa shape index (κ3) is 5.96. The molecule has 0 aliphatic heterocycles. The van der Waals surface area contributed by atoms with Crippen LogP contribution in [0.2, 0.25) is 0 Å². The largest absolute Gasteiger partial charge is 0.507 e. The zero-order chi connectivity index (χ0) is 27.1. The molecule has 0 fully saturated rings. The van der Waals surface area contributed by atoms with Crippen molar-refractivity contribution >= 4 is 34.6 Å². The zero-order valence-electron chi connectivity index (χ0n) is 23.0. The van der Waals surface area contributed by atoms with E-state index < -0.39 is 0 Å². The quantitative estimate of drug-likeness (QED) is 0.211. The van der Waals surface area contributed by atoms with Crippen LogP contribution in [0, 0.1) is 0 Å². The van der Waals surface area contributed by atoms with Gasteiger partial charge in [0, 0.05) is 28.9 Å². The van der Waals surface area contributed by atoms with Gasteiger partial charge in [0.2, 0.25) is 0 Å². The number of aromatic hydroxyl groups is 2. The molecule has 0 saturated heterocycles. The molecule has 0 spiro atoms. The number of phenolic OH excluding ortho intramolecular Hbond substituents is 2. The second-order valence-corrected chi connectivity index (χ2v) is 9.76. The van der Waals surface area contributed by atoms with E-state index in [1.165, 1.54) is 11.1 Å². The first kappa shape index (κ1) is 27.1. The number of aliphatic imine (C=N–C) groups is 2. The highest BCUT2D eigenvalue weighted by atomic mass is 16.3. The van der Waals surface area contributed by atoms with E-state index >= 15 is 0 Å². The minimum absolute atomic E-state index is 0.295. The predicted molar refractivity (Wildman–Crippen MR) is 161 cm³/mol. The lowest BCUT2D eigenvalue weighted by Gasteiger charge is -2.10. The normalized spacial score (nSPS) is 11.8. The Labute approximate surface area is 226 Å². The molecule has 0 saturated carbocycles. The van der Waals surface area contributed by atoms with Crippen molar-refractivity contribution in [2.75, 3.05) is 0 Å². The highest BCUT2D eigenvalue weighted by Crippen LogP contribution is 2.35. The third-order valence-corrected chi connectivity index (χ3v) is 6.94. The molecule has 4 nitrogen and oxygen atoms in total. The van der Waals surface area contributed by atoms with E-state index in [0.29, 0.717) is 11.5 Å². The smallest absolute Gasteiger partial charge is 0.127 e. The Kier molecular flexibility index (Phi) is 8.96. The van der Waals surface area contributed by atoms with Gasteiger partial charge in [-0.25, -0.2) is 0 Å². The van der Waals surface area contributed by atoms with Gasteiger partial charge in [0.15, 0.2) is 0 Å². The van der Waals surface area contributed by atoms with Crippen LogP contribution in [-0.2, 0) is 25.7 Å². The molecule has 0 atom stereocenters. The van der Waals surface area contributed by atoms with Gasteiger partial charge < -0.3 is 10.2 Å². The maximum absolute atomic E-state index is 10.8. The van der Waals surface area contributed by atoms with Crippen LogP contribution in [0.1, 0.15) is 73.9 Å². The fourth-order valence-corrected chi connectivity index (χ4v) is 4.97. The summed E-state index contributed by atoms with van der Waals surface area (Å²) in [5, 5.41) is 23.6. The molecule has 196 valence electrons. The van der Waals surface area contributed by atoms with Gasteiger partial charge in [-0.2, -0.15) is 0 Å². The highest BCUT2D eigenvalue weighted by Gasteiger charge is 2.11. The van der Waals surface area contributed by atoms with Gasteiger partial charge in [-0.15, -0.1) is 0 Å². The summed E-state index contributed by atoms with van der Waals surface area (Å²) in [6.07, 6.45) is 9.08. The molecule has 0 radical (unpaired) electrons. The minimum Gasteiger partial charge on any atom is -0.507 e. The minimum atomic E-state index is 0.295. The van der Waals surface area contributed by atoms with Gasteiger partial charge >= 0.3 is 0 Å². The van der Waals surface area contributed by atoms with Crippen LogP contribution >= 0.6 is 0 Å². The van der Waals surface area contributed by atoms with Crippen molar-refractivity contribution < 1.29 is 10.2 Å². The SMILES string of the molecule is CCCc1cc(C=Nc2cccc3cccc(N=Cc4cc(CCC)cc(CC)c4O)c23)c(O)c(CC)c1. The van der Waals surface area contributed by atoms with Gasteiger partial charge in [0.25, 0.3) is 0 Å². The fourth-order valence-electron chi connectivity index (χ4n) is 4.97. The number of hydrogen-bond acceptors (Lipinski definition) is 4. The standard InChI is InChI=1S/C34H38N2O2/c1-5-11-23-17-25(7-3)33(37)28(19-23)21-35-30-15-9-13-27-14-10-16-31(32(27)30)36-22-29-20-24(12-6-2)18-26(8-4)34(29)38/h9-10,13-22,37-38H,5-8,11-12H2,1-4H3. The Morgan fingerprint density at radius 3 is 1.47 bits per heavy atom. The molecular weight excluding hydrogens is 468 g/mol. The summed E-state index contributed by atoms with van der Waals surface area (Å²) in [5.74, 6) is 0.590. The van der Waals surface area contributed by atoms with Gasteiger partial charge in [-0.3, -0.25) is 9.98 Å². The number of benzene rings is 4. The maximum atomic E-state index is 10.8. The summed E-state index contributed by atoms with van der Waals surface area (Å²) < 4.78 is 0. The van der Waals surface area contributed by atoms with Crippen LogP contribution in [0.5, 0.6) is 11.5 Å². The monoisotopic (exact) mass is 506 g/mol. The average molecular weight is 507 g/mol. The Hall–Kier alpha value is -3.92. The van der Waals surface area contributed by atoms with E-state index in [4.69, 9.17) is 9.98 Å². The van der Waals surface area contributed by atoms with Crippen molar-refractivity contribution in [1.29, 1.82) is 0 Å². The molecule has 0 aromatic heterocycles. The van der Waals surface area contributed by atoms with Crippen molar-refractivity contribution in [3.63, 3.8) is 0 Å². The average Bonchev–Trinajstić information content (AvgIpc) is 2.93. The molecule has 38 heavy (non-hydrogen) atoms. The van der Waals surface area contributed by atoms with E-state index in [1.807, 2.05) is 36.4 Å². The van der Waals surface area contributed by atoms with Crippen molar-refractivity contribution in [2.24, 2.45) is 9.98 Å². The zero-order valence-corrected chi connectivity index (χ0v) is 23.0. The first-order valence-electron chi connectivity index (χ1n) is 13.8. The van der Waals surface area contributed by atoms with Crippen molar-refractivity contribution in [1.82, 2.24) is 0 Å². The second kappa shape index (κ2) is 12.6. The Morgan fingerprint density at radius 2 is 1.08 bits per heavy atom. The lowest BCUT2D eigenvalue weighted by atomic mass is 10.00. The molecule has 0 bridgehead atoms. The molecule has 0 aliphatic carbocycles. The van der Waals surface area contributed by atoms with Crippen LogP contribution in [-0.4, -0.2) is 22.6 Å². The van der Waals surface area contributed by atoms with E-state index in [2.05, 4.69) is 52.0 Å². The Morgan fingerprint density at radius 1 is 0.632 bits per heavy atom. The van der Waals surface area contributed by atoms with Crippen molar-refractivity contribution in [3.05, 3.63) is 94.0 Å². The molecule has 0 unspecified atom stereocenters. The summed E-state index contributed by atoms with van der Waals surface area (Å²) in [7, 11) is 0. The van der Waals surface area contributed by atoms with Gasteiger partial charge in [-0.1, -0.05) is 76.9 Å². The molecule has 4 aromatic rings. The number of rotatable bonds is 10.